The van der Waals surface area contributed by atoms with Crippen LogP contribution >= 0.6 is 0 Å². The van der Waals surface area contributed by atoms with Crippen molar-refractivity contribution in [1.82, 2.24) is 0 Å². The van der Waals surface area contributed by atoms with Crippen molar-refractivity contribution in [2.75, 3.05) is 5.32 Å². The lowest BCUT2D eigenvalue weighted by molar-refractivity contribution is 0.432. The summed E-state index contributed by atoms with van der Waals surface area (Å²) < 4.78 is 6.62. The van der Waals surface area contributed by atoms with E-state index in [2.05, 4.69) is 177 Å². The zero-order valence-electron chi connectivity index (χ0n) is 27.3. The molecule has 5 aromatic rings. The zero-order chi connectivity index (χ0) is 32.3. The Morgan fingerprint density at radius 1 is 0.688 bits per heavy atom. The number of rotatable bonds is 4. The summed E-state index contributed by atoms with van der Waals surface area (Å²) in [5, 5.41) is 3.62. The van der Waals surface area contributed by atoms with Gasteiger partial charge in [0.2, 0.25) is 0 Å². The maximum absolute atomic E-state index is 6.62. The number of allylic oxidation sites excluding steroid dienone is 8. The van der Waals surface area contributed by atoms with Gasteiger partial charge in [-0.15, -0.1) is 0 Å². The molecule has 2 nitrogen and oxygen atoms in total. The van der Waals surface area contributed by atoms with Gasteiger partial charge in [-0.05, 0) is 93.3 Å². The Balaban J connectivity index is 1.12. The van der Waals surface area contributed by atoms with E-state index in [1.807, 2.05) is 0 Å². The van der Waals surface area contributed by atoms with Crippen molar-refractivity contribution in [2.45, 2.75) is 37.5 Å². The number of ether oxygens (including phenoxy) is 1. The van der Waals surface area contributed by atoms with Crippen LogP contribution in [0, 0.1) is 0 Å². The molecule has 0 radical (unpaired) electrons. The van der Waals surface area contributed by atoms with Crippen LogP contribution in [0.5, 0.6) is 11.5 Å². The summed E-state index contributed by atoms with van der Waals surface area (Å²) in [4.78, 5) is 0. The van der Waals surface area contributed by atoms with Crippen molar-refractivity contribution < 1.29 is 4.74 Å². The van der Waals surface area contributed by atoms with Gasteiger partial charge in [0.25, 0.3) is 0 Å². The fourth-order valence-corrected chi connectivity index (χ4v) is 8.59. The highest BCUT2D eigenvalue weighted by molar-refractivity contribution is 5.95. The third-order valence-electron chi connectivity index (χ3n) is 10.7. The Bertz CT molecular complexity index is 2260. The van der Waals surface area contributed by atoms with Crippen LogP contribution in [-0.2, 0) is 10.8 Å². The second kappa shape index (κ2) is 11.0. The maximum atomic E-state index is 6.62. The molecule has 1 atom stereocenters. The number of para-hydroxylation sites is 1. The molecule has 1 heterocycles. The molecule has 0 saturated carbocycles. The standard InChI is InChI=1S/C46H37NO/c1-45(2)37-21-9-6-17-33(37)36(41(45)29-31-15-4-3-5-16-31)20-14-28-47-32-26-27-44-42(30-32)46(40-24-12-13-25-43(40)48-44)38-22-10-7-18-34(38)35-19-8-11-23-39(35)46/h3-10,12-22,24-30,47H,11,23H2,1-2H3/b28-14+,36-20-,41-29+. The van der Waals surface area contributed by atoms with Gasteiger partial charge in [0.15, 0.2) is 0 Å². The van der Waals surface area contributed by atoms with Crippen LogP contribution in [0.4, 0.5) is 5.69 Å². The Morgan fingerprint density at radius 2 is 1.40 bits per heavy atom. The summed E-state index contributed by atoms with van der Waals surface area (Å²) in [6, 6.07) is 43.6. The summed E-state index contributed by atoms with van der Waals surface area (Å²) in [6.45, 7) is 4.66. The van der Waals surface area contributed by atoms with Gasteiger partial charge in [0, 0.05) is 28.4 Å². The van der Waals surface area contributed by atoms with Crippen molar-refractivity contribution in [2.24, 2.45) is 0 Å². The smallest absolute Gasteiger partial charge is 0.132 e. The highest BCUT2D eigenvalue weighted by Gasteiger charge is 2.52. The van der Waals surface area contributed by atoms with E-state index < -0.39 is 0 Å². The monoisotopic (exact) mass is 619 g/mol. The number of hydrogen-bond acceptors (Lipinski definition) is 2. The molecule has 9 rings (SSSR count). The average molecular weight is 620 g/mol. The Kier molecular flexibility index (Phi) is 6.55. The molecule has 1 unspecified atom stereocenters. The van der Waals surface area contributed by atoms with E-state index in [9.17, 15) is 0 Å². The molecular weight excluding hydrogens is 583 g/mol. The molecule has 232 valence electrons. The molecule has 4 aliphatic rings. The second-order valence-electron chi connectivity index (χ2n) is 13.7. The number of hydrogen-bond donors (Lipinski definition) is 1. The van der Waals surface area contributed by atoms with E-state index in [1.165, 1.54) is 61.2 Å². The number of anilines is 1. The molecule has 2 heteroatoms. The average Bonchev–Trinajstić information content (AvgIpc) is 3.53. The predicted molar refractivity (Wildman–Crippen MR) is 199 cm³/mol. The lowest BCUT2D eigenvalue weighted by Crippen LogP contribution is -2.33. The normalized spacial score (nSPS) is 21.2. The van der Waals surface area contributed by atoms with Gasteiger partial charge in [-0.2, -0.15) is 0 Å². The fraction of sp³-hybridized carbons (Fsp3) is 0.130. The predicted octanol–water partition coefficient (Wildman–Crippen LogP) is 11.6. The quantitative estimate of drug-likeness (QED) is 0.216. The van der Waals surface area contributed by atoms with Crippen molar-refractivity contribution in [1.29, 1.82) is 0 Å². The van der Waals surface area contributed by atoms with Crippen LogP contribution in [-0.4, -0.2) is 0 Å². The van der Waals surface area contributed by atoms with Crippen LogP contribution in [0.25, 0.3) is 17.2 Å². The maximum Gasteiger partial charge on any atom is 0.132 e. The molecule has 0 aromatic heterocycles. The van der Waals surface area contributed by atoms with Gasteiger partial charge < -0.3 is 10.1 Å². The van der Waals surface area contributed by atoms with E-state index in [0.717, 1.165) is 30.0 Å². The summed E-state index contributed by atoms with van der Waals surface area (Å²) in [6.07, 6.45) is 15.5. The minimum atomic E-state index is -0.388. The third kappa shape index (κ3) is 4.19. The number of benzene rings is 5. The molecule has 0 saturated heterocycles. The molecule has 0 fully saturated rings. The van der Waals surface area contributed by atoms with E-state index in [0.29, 0.717) is 0 Å². The molecular formula is C46H37NO. The van der Waals surface area contributed by atoms with Crippen LogP contribution in [0.15, 0.2) is 163 Å². The lowest BCUT2D eigenvalue weighted by Gasteiger charge is -2.41. The molecule has 0 amide bonds. The van der Waals surface area contributed by atoms with Crippen molar-refractivity contribution in [3.8, 4) is 11.5 Å². The summed E-state index contributed by atoms with van der Waals surface area (Å²) in [5.74, 6) is 1.86. The van der Waals surface area contributed by atoms with Gasteiger partial charge in [-0.25, -0.2) is 0 Å². The minimum Gasteiger partial charge on any atom is -0.457 e. The highest BCUT2D eigenvalue weighted by atomic mass is 16.5. The second-order valence-corrected chi connectivity index (χ2v) is 13.7. The first kappa shape index (κ1) is 28.6. The molecule has 5 aromatic carbocycles. The largest absolute Gasteiger partial charge is 0.457 e. The minimum absolute atomic E-state index is 0.0952. The molecule has 0 bridgehead atoms. The third-order valence-corrected chi connectivity index (χ3v) is 10.7. The van der Waals surface area contributed by atoms with Gasteiger partial charge in [-0.3, -0.25) is 0 Å². The van der Waals surface area contributed by atoms with Crippen LogP contribution in [0.2, 0.25) is 0 Å². The van der Waals surface area contributed by atoms with Crippen molar-refractivity contribution in [3.05, 3.63) is 202 Å². The Hall–Kier alpha value is -5.60. The van der Waals surface area contributed by atoms with Crippen LogP contribution in [0.1, 0.15) is 65.6 Å². The van der Waals surface area contributed by atoms with Crippen LogP contribution < -0.4 is 10.1 Å². The van der Waals surface area contributed by atoms with Gasteiger partial charge >= 0.3 is 0 Å². The molecule has 1 N–H and O–H groups in total. The van der Waals surface area contributed by atoms with Gasteiger partial charge in [0.05, 0.1) is 5.41 Å². The molecule has 1 aliphatic heterocycles. The molecule has 1 spiro atoms. The summed E-state index contributed by atoms with van der Waals surface area (Å²) >= 11 is 0. The number of fused-ring (bicyclic) bond motifs is 9. The van der Waals surface area contributed by atoms with Crippen molar-refractivity contribution >= 4 is 22.9 Å². The first-order valence-electron chi connectivity index (χ1n) is 17.0. The zero-order valence-corrected chi connectivity index (χ0v) is 27.3. The lowest BCUT2D eigenvalue weighted by atomic mass is 9.64. The fourth-order valence-electron chi connectivity index (χ4n) is 8.59. The summed E-state index contributed by atoms with van der Waals surface area (Å²) in [5.41, 5.74) is 15.0. The Labute approximate surface area is 283 Å². The van der Waals surface area contributed by atoms with E-state index in [4.69, 9.17) is 4.74 Å². The first-order chi connectivity index (χ1) is 23.6. The van der Waals surface area contributed by atoms with Crippen molar-refractivity contribution in [3.63, 3.8) is 0 Å². The molecule has 48 heavy (non-hydrogen) atoms. The topological polar surface area (TPSA) is 21.3 Å². The number of nitrogens with one attached hydrogen (secondary N) is 1. The van der Waals surface area contributed by atoms with Gasteiger partial charge in [0.1, 0.15) is 11.5 Å². The molecule has 3 aliphatic carbocycles. The van der Waals surface area contributed by atoms with E-state index in [-0.39, 0.29) is 10.8 Å². The van der Waals surface area contributed by atoms with E-state index in [1.54, 1.807) is 0 Å². The van der Waals surface area contributed by atoms with Crippen LogP contribution in [0.3, 0.4) is 0 Å². The van der Waals surface area contributed by atoms with Gasteiger partial charge in [-0.1, -0.05) is 135 Å². The SMILES string of the molecule is CC1(C)C(=C/c2ccccc2)/C(=C\C=C\Nc2ccc3c(c2)C2(C4=C(C=CCC4)c4ccccc42)c2ccccc2O3)c2ccccc21. The summed E-state index contributed by atoms with van der Waals surface area (Å²) in [7, 11) is 0. The Morgan fingerprint density at radius 3 is 2.25 bits per heavy atom. The first-order valence-corrected chi connectivity index (χ1v) is 17.0. The van der Waals surface area contributed by atoms with E-state index >= 15 is 0 Å². The highest BCUT2D eigenvalue weighted by Crippen LogP contribution is 2.63.